The third kappa shape index (κ3) is 4.71. The van der Waals surface area contributed by atoms with Crippen LogP contribution < -0.4 is 0 Å². The molecule has 2 heterocycles. The summed E-state index contributed by atoms with van der Waals surface area (Å²) in [5.74, 6) is 1.11. The molecule has 0 fully saturated rings. The van der Waals surface area contributed by atoms with Crippen LogP contribution in [0.3, 0.4) is 0 Å². The Hall–Kier alpha value is -5.42. The molecule has 46 heavy (non-hydrogen) atoms. The summed E-state index contributed by atoms with van der Waals surface area (Å²) >= 11 is 8.28. The van der Waals surface area contributed by atoms with Gasteiger partial charge in [0, 0.05) is 31.3 Å². The maximum Gasteiger partial charge on any atom is 0.226 e. The van der Waals surface area contributed by atoms with E-state index in [0.29, 0.717) is 11.6 Å². The number of rotatable bonds is 4. The molecule has 0 aliphatic heterocycles. The summed E-state index contributed by atoms with van der Waals surface area (Å²) in [5, 5.41) is 7.56. The maximum absolute atomic E-state index is 6.51. The number of fused-ring (bicyclic) bond motifs is 5. The van der Waals surface area contributed by atoms with Gasteiger partial charge in [0.2, 0.25) is 5.28 Å². The average molecular weight is 626 g/mol. The molecular formula is C41H24ClN3S. The van der Waals surface area contributed by atoms with Crippen LogP contribution in [0.15, 0.2) is 146 Å². The van der Waals surface area contributed by atoms with Gasteiger partial charge in [0.05, 0.1) is 0 Å². The van der Waals surface area contributed by atoms with Gasteiger partial charge >= 0.3 is 0 Å². The second-order valence-electron chi connectivity index (χ2n) is 11.4. The number of thiophene rings is 1. The van der Waals surface area contributed by atoms with Crippen molar-refractivity contribution in [1.29, 1.82) is 0 Å². The molecule has 0 saturated heterocycles. The quantitative estimate of drug-likeness (QED) is 0.195. The Kier molecular flexibility index (Phi) is 6.37. The van der Waals surface area contributed by atoms with E-state index in [1.165, 1.54) is 52.8 Å². The van der Waals surface area contributed by atoms with Gasteiger partial charge in [-0.15, -0.1) is 11.3 Å². The van der Waals surface area contributed by atoms with E-state index >= 15 is 0 Å². The highest BCUT2D eigenvalue weighted by Crippen LogP contribution is 2.37. The molecule has 0 bridgehead atoms. The minimum Gasteiger partial charge on any atom is -0.208 e. The zero-order valence-electron chi connectivity index (χ0n) is 24.5. The van der Waals surface area contributed by atoms with Crippen LogP contribution in [-0.4, -0.2) is 15.0 Å². The smallest absolute Gasteiger partial charge is 0.208 e. The van der Waals surface area contributed by atoms with Crippen LogP contribution in [0, 0.1) is 0 Å². The van der Waals surface area contributed by atoms with Crippen LogP contribution in [0.2, 0.25) is 5.28 Å². The molecule has 216 valence electrons. The van der Waals surface area contributed by atoms with Crippen LogP contribution in [0.5, 0.6) is 0 Å². The van der Waals surface area contributed by atoms with Gasteiger partial charge in [-0.3, -0.25) is 0 Å². The number of hydrogen-bond donors (Lipinski definition) is 0. The van der Waals surface area contributed by atoms with Gasteiger partial charge in [-0.1, -0.05) is 115 Å². The van der Waals surface area contributed by atoms with Crippen LogP contribution >= 0.6 is 22.9 Å². The lowest BCUT2D eigenvalue weighted by Crippen LogP contribution is -1.97. The lowest BCUT2D eigenvalue weighted by Gasteiger charge is -2.11. The Bertz CT molecular complexity index is 2620. The molecule has 0 amide bonds. The van der Waals surface area contributed by atoms with Gasteiger partial charge < -0.3 is 0 Å². The third-order valence-corrected chi connectivity index (χ3v) is 9.94. The van der Waals surface area contributed by atoms with Crippen molar-refractivity contribution in [3.8, 4) is 45.0 Å². The molecule has 0 atom stereocenters. The molecule has 0 unspecified atom stereocenters. The number of halogens is 1. The fourth-order valence-corrected chi connectivity index (χ4v) is 7.68. The Morgan fingerprint density at radius 3 is 1.96 bits per heavy atom. The lowest BCUT2D eigenvalue weighted by atomic mass is 9.93. The largest absolute Gasteiger partial charge is 0.226 e. The SMILES string of the molecule is Clc1nc(-c2cccc(-c3ccc4cccc(-c5ccc6ccccc6c5)c4c3)c2)nc(-c2ccc3c(c2)sc2ccccc23)n1. The molecule has 2 aromatic heterocycles. The summed E-state index contributed by atoms with van der Waals surface area (Å²) in [6.45, 7) is 0. The summed E-state index contributed by atoms with van der Waals surface area (Å²) in [6.07, 6.45) is 0. The topological polar surface area (TPSA) is 38.7 Å². The standard InChI is InChI=1S/C41H24ClN3S/c42-41-44-39(43-40(45-41)32-19-20-35-34-12-3-4-14-37(34)46-38(35)24-32)31-11-5-10-28(22-31)29-17-16-26-9-6-13-33(36(26)23-29)30-18-15-25-7-1-2-8-27(25)21-30/h1-24H. The molecule has 0 spiro atoms. The van der Waals surface area contributed by atoms with Crippen molar-refractivity contribution < 1.29 is 0 Å². The van der Waals surface area contributed by atoms with Crippen LogP contribution in [0.4, 0.5) is 0 Å². The molecule has 0 radical (unpaired) electrons. The summed E-state index contributed by atoms with van der Waals surface area (Å²) in [7, 11) is 0. The van der Waals surface area contributed by atoms with Crippen LogP contribution in [-0.2, 0) is 0 Å². The number of nitrogens with zero attached hydrogens (tertiary/aromatic N) is 3. The highest BCUT2D eigenvalue weighted by molar-refractivity contribution is 7.25. The number of hydrogen-bond acceptors (Lipinski definition) is 4. The molecule has 0 saturated carbocycles. The van der Waals surface area contributed by atoms with Gasteiger partial charge in [-0.05, 0) is 85.7 Å². The minimum atomic E-state index is 0.174. The molecule has 0 aliphatic carbocycles. The first-order valence-corrected chi connectivity index (χ1v) is 16.3. The average Bonchev–Trinajstić information content (AvgIpc) is 3.49. The normalized spacial score (nSPS) is 11.6. The van der Waals surface area contributed by atoms with E-state index < -0.39 is 0 Å². The number of benzene rings is 7. The third-order valence-electron chi connectivity index (χ3n) is 8.64. The molecule has 3 nitrogen and oxygen atoms in total. The van der Waals surface area contributed by atoms with E-state index in [9.17, 15) is 0 Å². The molecular weight excluding hydrogens is 602 g/mol. The predicted octanol–water partition coefficient (Wildman–Crippen LogP) is 11.9. The molecule has 0 N–H and O–H groups in total. The van der Waals surface area contributed by atoms with Crippen molar-refractivity contribution >= 4 is 64.7 Å². The summed E-state index contributed by atoms with van der Waals surface area (Å²) in [4.78, 5) is 13.9. The molecule has 9 aromatic rings. The Morgan fingerprint density at radius 1 is 0.391 bits per heavy atom. The van der Waals surface area contributed by atoms with Gasteiger partial charge in [-0.25, -0.2) is 4.98 Å². The Morgan fingerprint density at radius 2 is 1.04 bits per heavy atom. The summed E-state index contributed by atoms with van der Waals surface area (Å²) in [6, 6.07) is 51.5. The van der Waals surface area contributed by atoms with E-state index in [1.807, 2.05) is 12.1 Å². The first kappa shape index (κ1) is 26.9. The molecule has 9 rings (SSSR count). The predicted molar refractivity (Wildman–Crippen MR) is 194 cm³/mol. The highest BCUT2D eigenvalue weighted by Gasteiger charge is 2.14. The van der Waals surface area contributed by atoms with E-state index in [-0.39, 0.29) is 5.28 Å². The Balaban J connectivity index is 1.11. The maximum atomic E-state index is 6.51. The van der Waals surface area contributed by atoms with Gasteiger partial charge in [0.25, 0.3) is 0 Å². The fraction of sp³-hybridized carbons (Fsp3) is 0. The molecule has 7 aromatic carbocycles. The van der Waals surface area contributed by atoms with Crippen molar-refractivity contribution in [3.63, 3.8) is 0 Å². The van der Waals surface area contributed by atoms with E-state index in [0.717, 1.165) is 22.3 Å². The van der Waals surface area contributed by atoms with E-state index in [4.69, 9.17) is 16.6 Å². The first-order chi connectivity index (χ1) is 22.7. The fourth-order valence-electron chi connectivity index (χ4n) is 6.37. The summed E-state index contributed by atoms with van der Waals surface area (Å²) < 4.78 is 2.46. The van der Waals surface area contributed by atoms with Crippen molar-refractivity contribution in [2.45, 2.75) is 0 Å². The highest BCUT2D eigenvalue weighted by atomic mass is 35.5. The van der Waals surface area contributed by atoms with Crippen molar-refractivity contribution in [2.24, 2.45) is 0 Å². The lowest BCUT2D eigenvalue weighted by molar-refractivity contribution is 1.07. The van der Waals surface area contributed by atoms with Crippen molar-refractivity contribution in [1.82, 2.24) is 15.0 Å². The van der Waals surface area contributed by atoms with Crippen LogP contribution in [0.25, 0.3) is 86.7 Å². The van der Waals surface area contributed by atoms with Gasteiger partial charge in [-0.2, -0.15) is 9.97 Å². The zero-order valence-corrected chi connectivity index (χ0v) is 26.1. The van der Waals surface area contributed by atoms with E-state index in [2.05, 4.69) is 143 Å². The molecule has 0 aliphatic rings. The minimum absolute atomic E-state index is 0.174. The Labute approximate surface area is 274 Å². The van der Waals surface area contributed by atoms with E-state index in [1.54, 1.807) is 11.3 Å². The van der Waals surface area contributed by atoms with Gasteiger partial charge in [0.15, 0.2) is 11.6 Å². The molecule has 5 heteroatoms. The summed E-state index contributed by atoms with van der Waals surface area (Å²) in [5.41, 5.74) is 6.42. The second kappa shape index (κ2) is 10.9. The monoisotopic (exact) mass is 625 g/mol. The second-order valence-corrected chi connectivity index (χ2v) is 12.9. The first-order valence-electron chi connectivity index (χ1n) is 15.1. The van der Waals surface area contributed by atoms with Crippen molar-refractivity contribution in [2.75, 3.05) is 0 Å². The zero-order chi connectivity index (χ0) is 30.6. The van der Waals surface area contributed by atoms with Crippen molar-refractivity contribution in [3.05, 3.63) is 151 Å². The van der Waals surface area contributed by atoms with Gasteiger partial charge in [0.1, 0.15) is 0 Å². The van der Waals surface area contributed by atoms with Crippen LogP contribution in [0.1, 0.15) is 0 Å². The number of aromatic nitrogens is 3.